The number of carbonyl (C=O) groups is 1. The maximum atomic E-state index is 13.2. The van der Waals surface area contributed by atoms with Crippen LogP contribution in [0.15, 0.2) is 76.1 Å². The molecule has 4 rings (SSSR count). The van der Waals surface area contributed by atoms with Crippen LogP contribution >= 0.6 is 0 Å². The van der Waals surface area contributed by atoms with Crippen LogP contribution in [0.3, 0.4) is 0 Å². The fourth-order valence-corrected chi connectivity index (χ4v) is 4.11. The van der Waals surface area contributed by atoms with E-state index in [4.69, 9.17) is 9.66 Å². The molecule has 1 amide bonds. The van der Waals surface area contributed by atoms with Gasteiger partial charge in [0.1, 0.15) is 11.3 Å². The third-order valence-electron chi connectivity index (χ3n) is 4.86. The first-order chi connectivity index (χ1) is 14.7. The molecule has 158 valence electrons. The molecule has 2 N–H and O–H groups in total. The van der Waals surface area contributed by atoms with Gasteiger partial charge in [-0.3, -0.25) is 4.79 Å². The average molecular weight is 439 g/mol. The van der Waals surface area contributed by atoms with Gasteiger partial charge >= 0.3 is 0 Å². The number of hydrogen-bond acceptors (Lipinski definition) is 5. The highest BCUT2D eigenvalue weighted by Crippen LogP contribution is 2.30. The summed E-state index contributed by atoms with van der Waals surface area (Å²) in [6.07, 6.45) is 0. The highest BCUT2D eigenvalue weighted by Gasteiger charge is 2.19. The molecule has 0 unspecified atom stereocenters. The van der Waals surface area contributed by atoms with Crippen LogP contribution in [0, 0.1) is 5.82 Å². The predicted octanol–water partition coefficient (Wildman–Crippen LogP) is 3.55. The average Bonchev–Trinajstić information content (AvgIpc) is 3.16. The Morgan fingerprint density at radius 2 is 1.81 bits per heavy atom. The number of benzene rings is 3. The molecule has 0 saturated heterocycles. The number of rotatable bonds is 5. The van der Waals surface area contributed by atoms with Crippen molar-refractivity contribution in [1.82, 2.24) is 10.1 Å². The number of aromatic nitrogens is 1. The SMILES string of the molecule is CN(Cc1ccccc1S(N)(=O)=O)C(=O)c1ccc2noc(-c3ccc(F)cc3)c2c1. The van der Waals surface area contributed by atoms with E-state index in [1.807, 2.05) is 0 Å². The van der Waals surface area contributed by atoms with Crippen LogP contribution in [0.2, 0.25) is 0 Å². The molecule has 0 atom stereocenters. The molecule has 4 aromatic rings. The molecule has 0 spiro atoms. The van der Waals surface area contributed by atoms with E-state index in [9.17, 15) is 17.6 Å². The third kappa shape index (κ3) is 4.18. The van der Waals surface area contributed by atoms with Crippen molar-refractivity contribution in [2.24, 2.45) is 5.14 Å². The molecule has 1 aromatic heterocycles. The van der Waals surface area contributed by atoms with Crippen molar-refractivity contribution in [3.63, 3.8) is 0 Å². The van der Waals surface area contributed by atoms with Crippen LogP contribution in [0.4, 0.5) is 4.39 Å². The quantitative estimate of drug-likeness (QED) is 0.512. The lowest BCUT2D eigenvalue weighted by atomic mass is 10.1. The predicted molar refractivity (Wildman–Crippen MR) is 113 cm³/mol. The molecule has 31 heavy (non-hydrogen) atoms. The number of nitrogens with two attached hydrogens (primary N) is 1. The third-order valence-corrected chi connectivity index (χ3v) is 5.87. The lowest BCUT2D eigenvalue weighted by Crippen LogP contribution is -2.27. The molecular formula is C22H18FN3O4S. The Hall–Kier alpha value is -3.56. The van der Waals surface area contributed by atoms with Crippen molar-refractivity contribution >= 4 is 26.8 Å². The van der Waals surface area contributed by atoms with E-state index in [0.29, 0.717) is 33.4 Å². The highest BCUT2D eigenvalue weighted by atomic mass is 32.2. The summed E-state index contributed by atoms with van der Waals surface area (Å²) < 4.78 is 42.3. The molecule has 7 nitrogen and oxygen atoms in total. The number of carbonyl (C=O) groups excluding carboxylic acids is 1. The Balaban J connectivity index is 1.65. The number of fused-ring (bicyclic) bond motifs is 1. The van der Waals surface area contributed by atoms with Crippen molar-refractivity contribution in [2.75, 3.05) is 7.05 Å². The van der Waals surface area contributed by atoms with Crippen molar-refractivity contribution in [3.05, 3.63) is 83.7 Å². The van der Waals surface area contributed by atoms with Gasteiger partial charge in [0.25, 0.3) is 5.91 Å². The molecule has 0 aliphatic carbocycles. The molecular weight excluding hydrogens is 421 g/mol. The summed E-state index contributed by atoms with van der Waals surface area (Å²) in [5.41, 5.74) is 1.97. The Kier molecular flexibility index (Phi) is 5.30. The molecule has 0 aliphatic heterocycles. The fraction of sp³-hybridized carbons (Fsp3) is 0.0909. The molecule has 0 aliphatic rings. The number of sulfonamides is 1. The van der Waals surface area contributed by atoms with Crippen LogP contribution < -0.4 is 5.14 Å². The van der Waals surface area contributed by atoms with Crippen LogP contribution in [-0.2, 0) is 16.6 Å². The smallest absolute Gasteiger partial charge is 0.253 e. The van der Waals surface area contributed by atoms with Gasteiger partial charge < -0.3 is 9.42 Å². The second kappa shape index (κ2) is 7.93. The minimum absolute atomic E-state index is 0.0252. The summed E-state index contributed by atoms with van der Waals surface area (Å²) in [7, 11) is -2.35. The van der Waals surface area contributed by atoms with E-state index in [2.05, 4.69) is 5.16 Å². The molecule has 0 radical (unpaired) electrons. The lowest BCUT2D eigenvalue weighted by molar-refractivity contribution is 0.0784. The minimum atomic E-state index is -3.92. The number of nitrogens with zero attached hydrogens (tertiary/aromatic N) is 2. The molecule has 0 bridgehead atoms. The van der Waals surface area contributed by atoms with Gasteiger partial charge in [0.15, 0.2) is 5.76 Å². The van der Waals surface area contributed by atoms with Gasteiger partial charge in [0, 0.05) is 24.7 Å². The van der Waals surface area contributed by atoms with Crippen molar-refractivity contribution in [1.29, 1.82) is 0 Å². The number of primary sulfonamides is 1. The summed E-state index contributed by atoms with van der Waals surface area (Å²) >= 11 is 0. The number of halogens is 1. The maximum Gasteiger partial charge on any atom is 0.253 e. The summed E-state index contributed by atoms with van der Waals surface area (Å²) in [6, 6.07) is 17.0. The Morgan fingerprint density at radius 1 is 1.10 bits per heavy atom. The maximum absolute atomic E-state index is 13.2. The van der Waals surface area contributed by atoms with E-state index in [-0.39, 0.29) is 23.2 Å². The normalized spacial score (nSPS) is 11.6. The summed E-state index contributed by atoms with van der Waals surface area (Å²) in [6.45, 7) is 0.0535. The van der Waals surface area contributed by atoms with E-state index < -0.39 is 10.0 Å². The van der Waals surface area contributed by atoms with E-state index >= 15 is 0 Å². The Bertz CT molecular complexity index is 1380. The van der Waals surface area contributed by atoms with E-state index in [1.165, 1.54) is 23.1 Å². The summed E-state index contributed by atoms with van der Waals surface area (Å²) in [4.78, 5) is 14.4. The van der Waals surface area contributed by atoms with Crippen LogP contribution in [-0.4, -0.2) is 31.4 Å². The van der Waals surface area contributed by atoms with Crippen molar-refractivity contribution in [2.45, 2.75) is 11.4 Å². The molecule has 0 fully saturated rings. The van der Waals surface area contributed by atoms with Gasteiger partial charge in [-0.05, 0) is 54.1 Å². The number of hydrogen-bond donors (Lipinski definition) is 1. The van der Waals surface area contributed by atoms with Crippen molar-refractivity contribution in [3.8, 4) is 11.3 Å². The summed E-state index contributed by atoms with van der Waals surface area (Å²) in [5.74, 6) is -0.269. The van der Waals surface area contributed by atoms with Crippen molar-refractivity contribution < 1.29 is 22.1 Å². The zero-order chi connectivity index (χ0) is 22.2. The van der Waals surface area contributed by atoms with E-state index in [1.54, 1.807) is 55.6 Å². The Morgan fingerprint density at radius 3 is 2.52 bits per heavy atom. The van der Waals surface area contributed by atoms with Gasteiger partial charge in [-0.25, -0.2) is 17.9 Å². The first kappa shape index (κ1) is 20.7. The lowest BCUT2D eigenvalue weighted by Gasteiger charge is -2.19. The molecule has 3 aromatic carbocycles. The van der Waals surface area contributed by atoms with Gasteiger partial charge in [-0.15, -0.1) is 0 Å². The van der Waals surface area contributed by atoms with Crippen LogP contribution in [0.1, 0.15) is 15.9 Å². The van der Waals surface area contributed by atoms with Gasteiger partial charge in [0.05, 0.1) is 10.3 Å². The first-order valence-corrected chi connectivity index (χ1v) is 10.8. The van der Waals surface area contributed by atoms with Gasteiger partial charge in [-0.1, -0.05) is 23.4 Å². The fourth-order valence-electron chi connectivity index (χ4n) is 3.34. The van der Waals surface area contributed by atoms with Gasteiger partial charge in [-0.2, -0.15) is 0 Å². The minimum Gasteiger partial charge on any atom is -0.355 e. The van der Waals surface area contributed by atoms with Gasteiger partial charge in [0.2, 0.25) is 10.0 Å². The summed E-state index contributed by atoms with van der Waals surface area (Å²) in [5, 5.41) is 9.88. The Labute approximate surface area is 177 Å². The standard InChI is InChI=1S/C22H18FN3O4S/c1-26(13-16-4-2-3-5-20(16)31(24,28)29)22(27)15-8-11-19-18(12-15)21(30-25-19)14-6-9-17(23)10-7-14/h2-12H,13H2,1H3,(H2,24,28,29). The number of amides is 1. The monoisotopic (exact) mass is 439 g/mol. The second-order valence-corrected chi connectivity index (χ2v) is 8.59. The highest BCUT2D eigenvalue weighted by molar-refractivity contribution is 7.89. The van der Waals surface area contributed by atoms with E-state index in [0.717, 1.165) is 0 Å². The zero-order valence-corrected chi connectivity index (χ0v) is 17.3. The molecule has 1 heterocycles. The largest absolute Gasteiger partial charge is 0.355 e. The molecule has 0 saturated carbocycles. The topological polar surface area (TPSA) is 106 Å². The van der Waals surface area contributed by atoms with Crippen LogP contribution in [0.25, 0.3) is 22.2 Å². The molecule has 9 heteroatoms. The van der Waals surface area contributed by atoms with Crippen LogP contribution in [0.5, 0.6) is 0 Å². The second-order valence-electron chi connectivity index (χ2n) is 7.06. The first-order valence-electron chi connectivity index (χ1n) is 9.25. The zero-order valence-electron chi connectivity index (χ0n) is 16.4.